The number of halogens is 4. The normalized spacial score (nSPS) is 18.2. The standard InChI is InChI=1S/C23H26F4N6O5/c24-17-7-15(32-12-16(38-23(32)36)1-2-19(34)22(26)27)8-18(25)21(17)31-4-3-29-33(6-5-31)20(35)11-28-9-14-10-30-37-13-14/h7-8,10,13,16,22,28-29H,1-6,9,11-12H2/t16-/m0/s1. The molecule has 0 bridgehead atoms. The molecule has 11 nitrogen and oxygen atoms in total. The number of benzene rings is 1. The molecule has 2 aliphatic rings. The summed E-state index contributed by atoms with van der Waals surface area (Å²) in [5, 5.41) is 7.92. The first-order valence-corrected chi connectivity index (χ1v) is 11.9. The fraction of sp³-hybridized carbons (Fsp3) is 0.478. The monoisotopic (exact) mass is 542 g/mol. The molecule has 38 heavy (non-hydrogen) atoms. The number of anilines is 2. The summed E-state index contributed by atoms with van der Waals surface area (Å²) in [5.41, 5.74) is 3.32. The molecule has 0 unspecified atom stereocenters. The average molecular weight is 542 g/mol. The van der Waals surface area contributed by atoms with Gasteiger partial charge in [-0.2, -0.15) is 0 Å². The Hall–Kier alpha value is -3.72. The first-order chi connectivity index (χ1) is 18.2. The third kappa shape index (κ3) is 6.58. The van der Waals surface area contributed by atoms with Crippen molar-refractivity contribution in [2.75, 3.05) is 49.1 Å². The molecule has 2 amide bonds. The van der Waals surface area contributed by atoms with Gasteiger partial charge in [-0.15, -0.1) is 0 Å². The molecule has 206 valence electrons. The molecule has 2 aromatic rings. The lowest BCUT2D eigenvalue weighted by atomic mass is 10.1. The second-order valence-corrected chi connectivity index (χ2v) is 8.76. The quantitative estimate of drug-likeness (QED) is 0.434. The fourth-order valence-electron chi connectivity index (χ4n) is 4.20. The Bertz CT molecular complexity index is 1130. The van der Waals surface area contributed by atoms with Crippen LogP contribution in [-0.4, -0.2) is 79.7 Å². The highest BCUT2D eigenvalue weighted by molar-refractivity contribution is 5.90. The number of nitrogens with zero attached hydrogens (tertiary/aromatic N) is 4. The van der Waals surface area contributed by atoms with E-state index < -0.39 is 42.5 Å². The van der Waals surface area contributed by atoms with E-state index in [2.05, 4.69) is 15.9 Å². The molecular weight excluding hydrogens is 516 g/mol. The van der Waals surface area contributed by atoms with Crippen LogP contribution in [0.3, 0.4) is 0 Å². The van der Waals surface area contributed by atoms with E-state index in [-0.39, 0.29) is 63.0 Å². The Morgan fingerprint density at radius 1 is 1.18 bits per heavy atom. The number of alkyl halides is 2. The Kier molecular flexibility index (Phi) is 8.78. The summed E-state index contributed by atoms with van der Waals surface area (Å²) in [4.78, 5) is 38.3. The molecule has 1 atom stereocenters. The molecule has 0 radical (unpaired) electrons. The minimum atomic E-state index is -3.11. The van der Waals surface area contributed by atoms with Gasteiger partial charge in [0.15, 0.2) is 17.4 Å². The highest BCUT2D eigenvalue weighted by Crippen LogP contribution is 2.31. The van der Waals surface area contributed by atoms with E-state index >= 15 is 8.78 Å². The Labute approximate surface area is 214 Å². The molecule has 2 saturated heterocycles. The molecule has 0 aliphatic carbocycles. The van der Waals surface area contributed by atoms with Crippen molar-refractivity contribution in [3.8, 4) is 0 Å². The molecule has 4 rings (SSSR count). The van der Waals surface area contributed by atoms with Crippen LogP contribution >= 0.6 is 0 Å². The van der Waals surface area contributed by atoms with Crippen LogP contribution in [0.15, 0.2) is 29.1 Å². The van der Waals surface area contributed by atoms with Gasteiger partial charge in [0.1, 0.15) is 18.1 Å². The Morgan fingerprint density at radius 2 is 1.95 bits per heavy atom. The van der Waals surface area contributed by atoms with Gasteiger partial charge < -0.3 is 19.5 Å². The maximum atomic E-state index is 15.1. The zero-order chi connectivity index (χ0) is 27.2. The number of rotatable bonds is 10. The SMILES string of the molecule is O=C(CC[C@H]1CN(c2cc(F)c(N3CCNN(C(=O)CNCc4cnoc4)CC3)c(F)c2)C(=O)O1)C(F)F. The molecule has 0 saturated carbocycles. The summed E-state index contributed by atoms with van der Waals surface area (Å²) in [6.07, 6.45) is -2.48. The topological polar surface area (TPSA) is 120 Å². The van der Waals surface area contributed by atoms with Crippen molar-refractivity contribution >= 4 is 29.2 Å². The van der Waals surface area contributed by atoms with Gasteiger partial charge in [-0.3, -0.25) is 19.5 Å². The summed E-state index contributed by atoms with van der Waals surface area (Å²) in [6.45, 7) is 1.03. The minimum Gasteiger partial charge on any atom is -0.444 e. The van der Waals surface area contributed by atoms with Gasteiger partial charge in [0.05, 0.1) is 31.5 Å². The summed E-state index contributed by atoms with van der Waals surface area (Å²) in [6, 6.07) is 1.98. The number of ketones is 1. The van der Waals surface area contributed by atoms with E-state index in [0.29, 0.717) is 6.54 Å². The lowest BCUT2D eigenvalue weighted by Crippen LogP contribution is -2.47. The Balaban J connectivity index is 1.34. The molecule has 1 aromatic carbocycles. The third-order valence-corrected chi connectivity index (χ3v) is 6.13. The summed E-state index contributed by atoms with van der Waals surface area (Å²) in [5.74, 6) is -3.35. The second kappa shape index (κ2) is 12.2. The first-order valence-electron chi connectivity index (χ1n) is 11.9. The molecular formula is C23H26F4N6O5. The number of nitrogens with one attached hydrogen (secondary N) is 2. The van der Waals surface area contributed by atoms with Crippen LogP contribution < -0.4 is 20.5 Å². The molecule has 3 heterocycles. The minimum absolute atomic E-state index is 0.0266. The molecule has 15 heteroatoms. The lowest BCUT2D eigenvalue weighted by molar-refractivity contribution is -0.133. The number of Topliss-reactive ketones (excluding diaryl/α,β-unsaturated/α-hetero) is 1. The number of cyclic esters (lactones) is 1. The smallest absolute Gasteiger partial charge is 0.414 e. The molecule has 2 aliphatic heterocycles. The maximum absolute atomic E-state index is 15.1. The zero-order valence-electron chi connectivity index (χ0n) is 20.2. The summed E-state index contributed by atoms with van der Waals surface area (Å²) in [7, 11) is 0. The predicted octanol–water partition coefficient (Wildman–Crippen LogP) is 1.84. The summed E-state index contributed by atoms with van der Waals surface area (Å²) < 4.78 is 64.8. The number of hydrazine groups is 1. The van der Waals surface area contributed by atoms with E-state index in [0.717, 1.165) is 22.6 Å². The zero-order valence-corrected chi connectivity index (χ0v) is 20.2. The molecule has 0 spiro atoms. The van der Waals surface area contributed by atoms with Gasteiger partial charge in [-0.25, -0.2) is 27.8 Å². The van der Waals surface area contributed by atoms with Gasteiger partial charge in [0, 0.05) is 50.3 Å². The van der Waals surface area contributed by atoms with Crippen molar-refractivity contribution in [2.45, 2.75) is 31.9 Å². The van der Waals surface area contributed by atoms with E-state index in [1.165, 1.54) is 22.4 Å². The van der Waals surface area contributed by atoms with E-state index in [1.54, 1.807) is 0 Å². The number of carbonyl (C=O) groups is 3. The highest BCUT2D eigenvalue weighted by Gasteiger charge is 2.34. The van der Waals surface area contributed by atoms with Crippen LogP contribution in [0, 0.1) is 11.6 Å². The fourth-order valence-corrected chi connectivity index (χ4v) is 4.20. The third-order valence-electron chi connectivity index (χ3n) is 6.13. The number of ether oxygens (including phenoxy) is 1. The highest BCUT2D eigenvalue weighted by atomic mass is 19.3. The van der Waals surface area contributed by atoms with Crippen molar-refractivity contribution in [3.63, 3.8) is 0 Å². The van der Waals surface area contributed by atoms with Gasteiger partial charge in [0.25, 0.3) is 12.3 Å². The molecule has 2 N–H and O–H groups in total. The van der Waals surface area contributed by atoms with Gasteiger partial charge >= 0.3 is 6.09 Å². The average Bonchev–Trinajstić information content (AvgIpc) is 3.45. The summed E-state index contributed by atoms with van der Waals surface area (Å²) >= 11 is 0. The van der Waals surface area contributed by atoms with Crippen molar-refractivity contribution < 1.29 is 41.2 Å². The van der Waals surface area contributed by atoms with E-state index in [9.17, 15) is 23.2 Å². The van der Waals surface area contributed by atoms with Crippen LogP contribution in [-0.2, 0) is 20.9 Å². The van der Waals surface area contributed by atoms with Gasteiger partial charge in [0.2, 0.25) is 0 Å². The van der Waals surface area contributed by atoms with Crippen LogP contribution in [0.4, 0.5) is 33.7 Å². The molecule has 2 fully saturated rings. The van der Waals surface area contributed by atoms with Gasteiger partial charge in [-0.1, -0.05) is 5.16 Å². The Morgan fingerprint density at radius 3 is 2.63 bits per heavy atom. The van der Waals surface area contributed by atoms with Crippen molar-refractivity contribution in [2.24, 2.45) is 0 Å². The van der Waals surface area contributed by atoms with Crippen molar-refractivity contribution in [1.29, 1.82) is 0 Å². The molecule has 1 aromatic heterocycles. The van der Waals surface area contributed by atoms with Crippen LogP contribution in [0.5, 0.6) is 0 Å². The van der Waals surface area contributed by atoms with Gasteiger partial charge in [-0.05, 0) is 6.42 Å². The van der Waals surface area contributed by atoms with Crippen LogP contribution in [0.2, 0.25) is 0 Å². The predicted molar refractivity (Wildman–Crippen MR) is 124 cm³/mol. The largest absolute Gasteiger partial charge is 0.444 e. The van der Waals surface area contributed by atoms with E-state index in [1.807, 2.05) is 0 Å². The number of aromatic nitrogens is 1. The lowest BCUT2D eigenvalue weighted by Gasteiger charge is -2.25. The van der Waals surface area contributed by atoms with Crippen LogP contribution in [0.25, 0.3) is 0 Å². The number of hydrogen-bond acceptors (Lipinski definition) is 9. The van der Waals surface area contributed by atoms with Crippen LogP contribution in [0.1, 0.15) is 18.4 Å². The number of carbonyl (C=O) groups excluding carboxylic acids is 3. The number of hydrogen-bond donors (Lipinski definition) is 2. The van der Waals surface area contributed by atoms with Crippen molar-refractivity contribution in [3.05, 3.63) is 41.8 Å². The first kappa shape index (κ1) is 27.3. The maximum Gasteiger partial charge on any atom is 0.414 e. The van der Waals surface area contributed by atoms with E-state index in [4.69, 9.17) is 9.26 Å². The van der Waals surface area contributed by atoms with Crippen molar-refractivity contribution in [1.82, 2.24) is 20.9 Å². The number of amides is 2. The second-order valence-electron chi connectivity index (χ2n) is 8.76.